The second-order valence-electron chi connectivity index (χ2n) is 5.63. The van der Waals surface area contributed by atoms with Gasteiger partial charge in [-0.05, 0) is 56.7 Å². The van der Waals surface area contributed by atoms with E-state index in [0.717, 1.165) is 24.4 Å². The summed E-state index contributed by atoms with van der Waals surface area (Å²) in [6, 6.07) is 5.81. The van der Waals surface area contributed by atoms with Crippen molar-refractivity contribution in [1.29, 1.82) is 0 Å². The van der Waals surface area contributed by atoms with Gasteiger partial charge in [-0.2, -0.15) is 0 Å². The lowest BCUT2D eigenvalue weighted by atomic mass is 9.87. The molecule has 1 aromatic rings. The van der Waals surface area contributed by atoms with Crippen molar-refractivity contribution < 1.29 is 9.53 Å². The number of benzene rings is 1. The molecule has 0 spiro atoms. The Morgan fingerprint density at radius 3 is 2.70 bits per heavy atom. The zero-order chi connectivity index (χ0) is 14.5. The highest BCUT2D eigenvalue weighted by molar-refractivity contribution is 5.96. The molecule has 0 saturated heterocycles. The Hall–Kier alpha value is -1.71. The summed E-state index contributed by atoms with van der Waals surface area (Å²) in [5.74, 6) is 0.496. The number of nitrogen functional groups attached to an aromatic ring is 1. The van der Waals surface area contributed by atoms with E-state index in [1.807, 2.05) is 12.1 Å². The van der Waals surface area contributed by atoms with Crippen molar-refractivity contribution >= 4 is 17.3 Å². The van der Waals surface area contributed by atoms with E-state index in [2.05, 4.69) is 12.2 Å². The van der Waals surface area contributed by atoms with E-state index >= 15 is 0 Å². The molecule has 0 radical (unpaired) electrons. The van der Waals surface area contributed by atoms with Gasteiger partial charge in [-0.3, -0.25) is 0 Å². The van der Waals surface area contributed by atoms with Gasteiger partial charge in [0, 0.05) is 17.4 Å². The normalized spacial score (nSPS) is 22.3. The van der Waals surface area contributed by atoms with Crippen molar-refractivity contribution in [2.24, 2.45) is 5.92 Å². The van der Waals surface area contributed by atoms with E-state index in [1.54, 1.807) is 13.0 Å². The third-order valence-corrected chi connectivity index (χ3v) is 3.91. The summed E-state index contributed by atoms with van der Waals surface area (Å²) in [4.78, 5) is 12.0. The van der Waals surface area contributed by atoms with Gasteiger partial charge in [0.2, 0.25) is 0 Å². The van der Waals surface area contributed by atoms with Crippen LogP contribution in [0.15, 0.2) is 18.2 Å². The maximum absolute atomic E-state index is 12.0. The third kappa shape index (κ3) is 3.65. The summed E-state index contributed by atoms with van der Waals surface area (Å²) in [5, 5.41) is 3.48. The van der Waals surface area contributed by atoms with Crippen LogP contribution in [0.4, 0.5) is 11.4 Å². The number of carbonyl (C=O) groups excluding carboxylic acids is 1. The van der Waals surface area contributed by atoms with Gasteiger partial charge in [0.25, 0.3) is 0 Å². The van der Waals surface area contributed by atoms with Crippen molar-refractivity contribution in [3.63, 3.8) is 0 Å². The quantitative estimate of drug-likeness (QED) is 0.653. The number of rotatable bonds is 4. The first-order valence-electron chi connectivity index (χ1n) is 7.43. The van der Waals surface area contributed by atoms with Crippen LogP contribution < -0.4 is 11.1 Å². The first kappa shape index (κ1) is 14.7. The molecule has 0 bridgehead atoms. The van der Waals surface area contributed by atoms with Crippen LogP contribution in [-0.2, 0) is 4.74 Å². The molecule has 0 aliphatic heterocycles. The summed E-state index contributed by atoms with van der Waals surface area (Å²) < 4.78 is 5.10. The molecule has 4 heteroatoms. The topological polar surface area (TPSA) is 64.3 Å². The van der Waals surface area contributed by atoms with Crippen molar-refractivity contribution in [2.75, 3.05) is 17.7 Å². The van der Waals surface area contributed by atoms with Crippen molar-refractivity contribution in [3.8, 4) is 0 Å². The molecule has 4 nitrogen and oxygen atoms in total. The van der Waals surface area contributed by atoms with Gasteiger partial charge in [0.05, 0.1) is 12.2 Å². The van der Waals surface area contributed by atoms with E-state index in [0.29, 0.717) is 23.9 Å². The van der Waals surface area contributed by atoms with Gasteiger partial charge in [-0.15, -0.1) is 0 Å². The minimum Gasteiger partial charge on any atom is -0.462 e. The number of anilines is 2. The zero-order valence-corrected chi connectivity index (χ0v) is 12.3. The van der Waals surface area contributed by atoms with Crippen molar-refractivity contribution in [3.05, 3.63) is 23.8 Å². The maximum atomic E-state index is 12.0. The number of nitrogens with two attached hydrogens (primary N) is 1. The summed E-state index contributed by atoms with van der Waals surface area (Å²) in [5.41, 5.74) is 7.72. The fourth-order valence-electron chi connectivity index (χ4n) is 2.69. The maximum Gasteiger partial charge on any atom is 0.340 e. The average Bonchev–Trinajstić information content (AvgIpc) is 2.43. The molecule has 2 rings (SSSR count). The van der Waals surface area contributed by atoms with E-state index in [9.17, 15) is 4.79 Å². The molecular weight excluding hydrogens is 252 g/mol. The van der Waals surface area contributed by atoms with Crippen LogP contribution in [-0.4, -0.2) is 18.6 Å². The number of ether oxygens (including phenoxy) is 1. The Balaban J connectivity index is 2.12. The Morgan fingerprint density at radius 2 is 2.05 bits per heavy atom. The highest BCUT2D eigenvalue weighted by Gasteiger charge is 2.20. The van der Waals surface area contributed by atoms with E-state index < -0.39 is 0 Å². The fraction of sp³-hybridized carbons (Fsp3) is 0.562. The minimum absolute atomic E-state index is 0.313. The number of esters is 1. The molecular formula is C16H24N2O2. The monoisotopic (exact) mass is 276 g/mol. The van der Waals surface area contributed by atoms with Crippen LogP contribution in [0.5, 0.6) is 0 Å². The molecule has 0 heterocycles. The predicted octanol–water partition coefficient (Wildman–Crippen LogP) is 3.44. The highest BCUT2D eigenvalue weighted by atomic mass is 16.5. The number of nitrogens with one attached hydrogen (secondary N) is 1. The third-order valence-electron chi connectivity index (χ3n) is 3.91. The van der Waals surface area contributed by atoms with Crippen LogP contribution in [0.25, 0.3) is 0 Å². The molecule has 110 valence electrons. The first-order chi connectivity index (χ1) is 9.60. The minimum atomic E-state index is -0.313. The van der Waals surface area contributed by atoms with Crippen LogP contribution >= 0.6 is 0 Å². The van der Waals surface area contributed by atoms with Crippen LogP contribution in [0.2, 0.25) is 0 Å². The van der Waals surface area contributed by atoms with E-state index in [1.165, 1.54) is 12.8 Å². The smallest absolute Gasteiger partial charge is 0.340 e. The summed E-state index contributed by atoms with van der Waals surface area (Å²) in [7, 11) is 0. The lowest BCUT2D eigenvalue weighted by molar-refractivity contribution is 0.0527. The lowest BCUT2D eigenvalue weighted by Crippen LogP contribution is -2.26. The van der Waals surface area contributed by atoms with Gasteiger partial charge in [0.15, 0.2) is 0 Å². The largest absolute Gasteiger partial charge is 0.462 e. The van der Waals surface area contributed by atoms with Gasteiger partial charge >= 0.3 is 5.97 Å². The molecule has 0 unspecified atom stereocenters. The number of hydrogen-bond donors (Lipinski definition) is 2. The second-order valence-corrected chi connectivity index (χ2v) is 5.63. The van der Waals surface area contributed by atoms with E-state index in [-0.39, 0.29) is 5.97 Å². The molecule has 0 amide bonds. The number of carbonyl (C=O) groups is 1. The zero-order valence-electron chi connectivity index (χ0n) is 12.3. The molecule has 1 aliphatic rings. The van der Waals surface area contributed by atoms with E-state index in [4.69, 9.17) is 10.5 Å². The summed E-state index contributed by atoms with van der Waals surface area (Å²) in [6.07, 6.45) is 4.77. The van der Waals surface area contributed by atoms with Crippen LogP contribution in [0.3, 0.4) is 0 Å². The first-order valence-corrected chi connectivity index (χ1v) is 7.43. The van der Waals surface area contributed by atoms with Gasteiger partial charge < -0.3 is 15.8 Å². The van der Waals surface area contributed by atoms with Crippen LogP contribution in [0, 0.1) is 5.92 Å². The van der Waals surface area contributed by atoms with Gasteiger partial charge in [-0.1, -0.05) is 6.92 Å². The van der Waals surface area contributed by atoms with Crippen LogP contribution in [0.1, 0.15) is 49.9 Å². The predicted molar refractivity (Wildman–Crippen MR) is 81.9 cm³/mol. The molecule has 1 fully saturated rings. The Bertz CT molecular complexity index is 466. The molecule has 3 N–H and O–H groups in total. The molecule has 1 aromatic carbocycles. The standard InChI is InChI=1S/C16H24N2O2/c1-3-20-16(19)14-10-12(17)6-9-15(14)18-13-7-4-11(2)5-8-13/h6,9-11,13,18H,3-5,7-8,17H2,1-2H3. The summed E-state index contributed by atoms with van der Waals surface area (Å²) in [6.45, 7) is 4.47. The molecule has 1 saturated carbocycles. The molecule has 0 aromatic heterocycles. The van der Waals surface area contributed by atoms with Gasteiger partial charge in [-0.25, -0.2) is 4.79 Å². The SMILES string of the molecule is CCOC(=O)c1cc(N)ccc1NC1CCC(C)CC1. The Labute approximate surface area is 120 Å². The molecule has 0 atom stereocenters. The highest BCUT2D eigenvalue weighted by Crippen LogP contribution is 2.28. The van der Waals surface area contributed by atoms with Gasteiger partial charge in [0.1, 0.15) is 0 Å². The Kier molecular flexibility index (Phi) is 4.88. The average molecular weight is 276 g/mol. The molecule has 1 aliphatic carbocycles. The molecule has 20 heavy (non-hydrogen) atoms. The lowest BCUT2D eigenvalue weighted by Gasteiger charge is -2.28. The number of hydrogen-bond acceptors (Lipinski definition) is 4. The Morgan fingerprint density at radius 1 is 1.35 bits per heavy atom. The van der Waals surface area contributed by atoms with Crippen molar-refractivity contribution in [1.82, 2.24) is 0 Å². The second kappa shape index (κ2) is 6.64. The summed E-state index contributed by atoms with van der Waals surface area (Å²) >= 11 is 0. The fourth-order valence-corrected chi connectivity index (χ4v) is 2.69. The van der Waals surface area contributed by atoms with Crippen molar-refractivity contribution in [2.45, 2.75) is 45.6 Å².